The van der Waals surface area contributed by atoms with Crippen LogP contribution >= 0.6 is 15.9 Å². The maximum atomic E-state index is 5.51. The molecule has 42 valence electrons. The molecule has 1 rings (SSSR count). The molecule has 2 N–H and O–H groups in total. The van der Waals surface area contributed by atoms with Crippen molar-refractivity contribution < 1.29 is 0 Å². The number of rotatable bonds is 1. The first-order valence-electron chi connectivity index (χ1n) is 2.70. The Bertz CT molecular complexity index is 59.1. The number of halogens is 1. The predicted octanol–water partition coefficient (Wildman–Crippen LogP) is 1.47. The highest BCUT2D eigenvalue weighted by molar-refractivity contribution is 9.09. The molecule has 0 heterocycles. The van der Waals surface area contributed by atoms with Crippen LogP contribution in [0.2, 0.25) is 0 Å². The van der Waals surface area contributed by atoms with E-state index in [1.165, 1.54) is 19.3 Å². The van der Waals surface area contributed by atoms with Gasteiger partial charge in [0.1, 0.15) is 0 Å². The summed E-state index contributed by atoms with van der Waals surface area (Å²) in [5.74, 6) is 0.778. The molecule has 1 aliphatic rings. The van der Waals surface area contributed by atoms with Crippen molar-refractivity contribution in [3.63, 3.8) is 0 Å². The Morgan fingerprint density at radius 2 is 2.14 bits per heavy atom. The lowest BCUT2D eigenvalue weighted by Gasteiger charge is -2.27. The molecule has 0 aromatic heterocycles. The fourth-order valence-corrected chi connectivity index (χ4v) is 1.29. The van der Waals surface area contributed by atoms with Crippen LogP contribution in [0.1, 0.15) is 19.3 Å². The number of hydrogen-bond acceptors (Lipinski definition) is 1. The largest absolute Gasteiger partial charge is 0.319 e. The zero-order chi connectivity index (χ0) is 5.28. The summed E-state index contributed by atoms with van der Waals surface area (Å²) in [4.78, 5) is 0.265. The number of alkyl halides is 1. The summed E-state index contributed by atoms with van der Waals surface area (Å²) in [7, 11) is 0. The Morgan fingerprint density at radius 1 is 1.57 bits per heavy atom. The van der Waals surface area contributed by atoms with Crippen LogP contribution in [0.15, 0.2) is 0 Å². The van der Waals surface area contributed by atoms with E-state index < -0.39 is 0 Å². The van der Waals surface area contributed by atoms with Gasteiger partial charge in [-0.3, -0.25) is 0 Å². The minimum atomic E-state index is 0.265. The van der Waals surface area contributed by atoms with Crippen LogP contribution in [0.3, 0.4) is 0 Å². The van der Waals surface area contributed by atoms with Crippen LogP contribution in [0.4, 0.5) is 0 Å². The van der Waals surface area contributed by atoms with Crippen molar-refractivity contribution in [2.24, 2.45) is 11.7 Å². The van der Waals surface area contributed by atoms with E-state index in [2.05, 4.69) is 15.9 Å². The highest BCUT2D eigenvalue weighted by Crippen LogP contribution is 2.30. The average Bonchev–Trinajstić information content (AvgIpc) is 1.23. The Hall–Kier alpha value is 0.440. The van der Waals surface area contributed by atoms with Crippen LogP contribution in [0.25, 0.3) is 0 Å². The van der Waals surface area contributed by atoms with E-state index in [9.17, 15) is 0 Å². The van der Waals surface area contributed by atoms with Crippen LogP contribution in [0, 0.1) is 5.92 Å². The van der Waals surface area contributed by atoms with Crippen molar-refractivity contribution in [3.05, 3.63) is 0 Å². The van der Waals surface area contributed by atoms with E-state index in [0.29, 0.717) is 0 Å². The van der Waals surface area contributed by atoms with E-state index in [0.717, 1.165) is 5.92 Å². The van der Waals surface area contributed by atoms with Crippen LogP contribution in [-0.4, -0.2) is 4.95 Å². The van der Waals surface area contributed by atoms with Crippen molar-refractivity contribution in [2.75, 3.05) is 0 Å². The Labute approximate surface area is 52.4 Å². The van der Waals surface area contributed by atoms with Gasteiger partial charge in [-0.15, -0.1) is 0 Å². The van der Waals surface area contributed by atoms with Gasteiger partial charge in [-0.2, -0.15) is 0 Å². The molecular weight excluding hydrogens is 154 g/mol. The molecule has 0 amide bonds. The van der Waals surface area contributed by atoms with Crippen LogP contribution in [-0.2, 0) is 0 Å². The maximum Gasteiger partial charge on any atom is 0.0634 e. The zero-order valence-corrected chi connectivity index (χ0v) is 5.82. The normalized spacial score (nSPS) is 26.6. The third-order valence-electron chi connectivity index (χ3n) is 1.60. The standard InChI is InChI=1S/C5H10BrN/c6-5(7)4-2-1-3-4/h4-5H,1-3,7H2. The second kappa shape index (κ2) is 2.14. The van der Waals surface area contributed by atoms with Gasteiger partial charge in [-0.25, -0.2) is 0 Å². The quantitative estimate of drug-likeness (QED) is 0.460. The summed E-state index contributed by atoms with van der Waals surface area (Å²) in [5.41, 5.74) is 5.51. The first-order valence-corrected chi connectivity index (χ1v) is 3.62. The molecule has 0 spiro atoms. The van der Waals surface area contributed by atoms with Gasteiger partial charge in [0.15, 0.2) is 0 Å². The lowest BCUT2D eigenvalue weighted by molar-refractivity contribution is 0.312. The summed E-state index contributed by atoms with van der Waals surface area (Å²) in [6, 6.07) is 0. The molecule has 0 aromatic rings. The molecule has 7 heavy (non-hydrogen) atoms. The Morgan fingerprint density at radius 3 is 2.14 bits per heavy atom. The SMILES string of the molecule is NC(Br)C1CCC1. The average molecular weight is 164 g/mol. The molecule has 1 aliphatic carbocycles. The molecule has 1 unspecified atom stereocenters. The van der Waals surface area contributed by atoms with Crippen molar-refractivity contribution in [1.29, 1.82) is 0 Å². The monoisotopic (exact) mass is 163 g/mol. The van der Waals surface area contributed by atoms with Gasteiger partial charge in [0.05, 0.1) is 4.95 Å². The summed E-state index contributed by atoms with van der Waals surface area (Å²) >= 11 is 3.33. The summed E-state index contributed by atoms with van der Waals surface area (Å²) in [6.45, 7) is 0. The summed E-state index contributed by atoms with van der Waals surface area (Å²) in [6.07, 6.45) is 4.03. The van der Waals surface area contributed by atoms with E-state index in [1.807, 2.05) is 0 Å². The molecule has 0 aliphatic heterocycles. The van der Waals surface area contributed by atoms with Crippen molar-refractivity contribution in [1.82, 2.24) is 0 Å². The van der Waals surface area contributed by atoms with E-state index in [4.69, 9.17) is 5.73 Å². The lowest BCUT2D eigenvalue weighted by atomic mass is 9.86. The van der Waals surface area contributed by atoms with Crippen LogP contribution in [0.5, 0.6) is 0 Å². The summed E-state index contributed by atoms with van der Waals surface area (Å²) in [5, 5.41) is 0. The van der Waals surface area contributed by atoms with E-state index in [1.54, 1.807) is 0 Å². The molecule has 0 radical (unpaired) electrons. The molecule has 1 atom stereocenters. The molecule has 0 aromatic carbocycles. The second-order valence-corrected chi connectivity index (χ2v) is 3.19. The van der Waals surface area contributed by atoms with Crippen molar-refractivity contribution in [2.45, 2.75) is 24.2 Å². The molecule has 0 bridgehead atoms. The van der Waals surface area contributed by atoms with Gasteiger partial charge in [0, 0.05) is 0 Å². The summed E-state index contributed by atoms with van der Waals surface area (Å²) < 4.78 is 0. The molecule has 1 saturated carbocycles. The topological polar surface area (TPSA) is 26.0 Å². The van der Waals surface area contributed by atoms with E-state index >= 15 is 0 Å². The molecule has 0 saturated heterocycles. The molecule has 1 nitrogen and oxygen atoms in total. The fraction of sp³-hybridized carbons (Fsp3) is 1.00. The van der Waals surface area contributed by atoms with Gasteiger partial charge < -0.3 is 5.73 Å². The van der Waals surface area contributed by atoms with Gasteiger partial charge >= 0.3 is 0 Å². The molecule has 2 heteroatoms. The van der Waals surface area contributed by atoms with Crippen molar-refractivity contribution in [3.8, 4) is 0 Å². The number of nitrogens with two attached hydrogens (primary N) is 1. The highest BCUT2D eigenvalue weighted by atomic mass is 79.9. The predicted molar refractivity (Wildman–Crippen MR) is 34.2 cm³/mol. The first kappa shape index (κ1) is 5.57. The van der Waals surface area contributed by atoms with Crippen molar-refractivity contribution >= 4 is 15.9 Å². The highest BCUT2D eigenvalue weighted by Gasteiger charge is 2.21. The fourth-order valence-electron chi connectivity index (χ4n) is 0.758. The lowest BCUT2D eigenvalue weighted by Crippen LogP contribution is -2.28. The van der Waals surface area contributed by atoms with Gasteiger partial charge in [-0.05, 0) is 18.8 Å². The third-order valence-corrected chi connectivity index (χ3v) is 2.35. The third kappa shape index (κ3) is 1.16. The Kier molecular flexibility index (Phi) is 1.70. The zero-order valence-electron chi connectivity index (χ0n) is 4.23. The second-order valence-electron chi connectivity index (χ2n) is 2.14. The van der Waals surface area contributed by atoms with E-state index in [-0.39, 0.29) is 4.95 Å². The van der Waals surface area contributed by atoms with Gasteiger partial charge in [-0.1, -0.05) is 22.4 Å². The molecular formula is C5H10BrN. The Balaban J connectivity index is 2.14. The smallest absolute Gasteiger partial charge is 0.0634 e. The van der Waals surface area contributed by atoms with Crippen LogP contribution < -0.4 is 5.73 Å². The van der Waals surface area contributed by atoms with Gasteiger partial charge in [0.25, 0.3) is 0 Å². The number of hydrogen-bond donors (Lipinski definition) is 1. The van der Waals surface area contributed by atoms with Gasteiger partial charge in [0.2, 0.25) is 0 Å². The maximum absolute atomic E-state index is 5.51. The minimum absolute atomic E-state index is 0.265. The molecule has 1 fully saturated rings. The minimum Gasteiger partial charge on any atom is -0.319 e. The first-order chi connectivity index (χ1) is 3.30.